The number of amides is 1. The van der Waals surface area contributed by atoms with Crippen LogP contribution in [0.25, 0.3) is 10.9 Å². The molecule has 1 aliphatic heterocycles. The lowest BCUT2D eigenvalue weighted by atomic mass is 9.53. The molecule has 6 nitrogen and oxygen atoms in total. The van der Waals surface area contributed by atoms with Crippen molar-refractivity contribution in [3.05, 3.63) is 35.4 Å². The number of rotatable bonds is 3. The average Bonchev–Trinajstić information content (AvgIpc) is 3.18. The summed E-state index contributed by atoms with van der Waals surface area (Å²) >= 11 is 6.05. The highest BCUT2D eigenvalue weighted by Gasteiger charge is 2.56. The molecule has 4 saturated carbocycles. The Bertz CT molecular complexity index is 1010. The second-order valence-electron chi connectivity index (χ2n) is 10.2. The fourth-order valence-corrected chi connectivity index (χ4v) is 6.93. The number of carbonyl (C=O) groups is 1. The second kappa shape index (κ2) is 7.24. The molecule has 3 atom stereocenters. The lowest BCUT2D eigenvalue weighted by Gasteiger charge is -2.57. The molecular weight excluding hydrogens is 414 g/mol. The topological polar surface area (TPSA) is 74.7 Å². The number of carbonyl (C=O) groups excluding carboxylic acids is 1. The zero-order valence-electron chi connectivity index (χ0n) is 17.5. The zero-order chi connectivity index (χ0) is 21.2. The molecule has 2 unspecified atom stereocenters. The maximum Gasteiger partial charge on any atom is 0.410 e. The van der Waals surface area contributed by atoms with Gasteiger partial charge in [0.15, 0.2) is 0 Å². The van der Waals surface area contributed by atoms with E-state index in [9.17, 15) is 9.90 Å². The van der Waals surface area contributed by atoms with Gasteiger partial charge in [0.1, 0.15) is 11.9 Å². The maximum atomic E-state index is 12.9. The van der Waals surface area contributed by atoms with Crippen LogP contribution < -0.4 is 5.32 Å². The van der Waals surface area contributed by atoms with Gasteiger partial charge in [0.2, 0.25) is 0 Å². The second-order valence-corrected chi connectivity index (χ2v) is 10.6. The molecule has 7 heteroatoms. The van der Waals surface area contributed by atoms with Crippen molar-refractivity contribution >= 4 is 34.4 Å². The van der Waals surface area contributed by atoms with Crippen LogP contribution in [0.1, 0.15) is 38.5 Å². The molecule has 0 radical (unpaired) electrons. The number of hydrogen-bond donors (Lipinski definition) is 2. The summed E-state index contributed by atoms with van der Waals surface area (Å²) in [6.07, 6.45) is 5.37. The molecule has 1 saturated heterocycles. The van der Waals surface area contributed by atoms with Crippen molar-refractivity contribution in [2.45, 2.75) is 56.3 Å². The van der Waals surface area contributed by atoms with Crippen molar-refractivity contribution < 1.29 is 14.6 Å². The first-order valence-electron chi connectivity index (χ1n) is 11.4. The van der Waals surface area contributed by atoms with Gasteiger partial charge in [-0.25, -0.2) is 9.78 Å². The van der Waals surface area contributed by atoms with Gasteiger partial charge in [0, 0.05) is 29.5 Å². The molecule has 1 amide bonds. The Morgan fingerprint density at radius 1 is 1.19 bits per heavy atom. The van der Waals surface area contributed by atoms with E-state index in [-0.39, 0.29) is 18.2 Å². The number of benzene rings is 1. The van der Waals surface area contributed by atoms with Crippen LogP contribution in [0.3, 0.4) is 0 Å². The third kappa shape index (κ3) is 3.64. The monoisotopic (exact) mass is 441 g/mol. The average molecular weight is 442 g/mol. The number of likely N-dealkylation sites (tertiary alicyclic amines) is 1. The van der Waals surface area contributed by atoms with Crippen molar-refractivity contribution in [1.29, 1.82) is 0 Å². The summed E-state index contributed by atoms with van der Waals surface area (Å²) in [6, 6.07) is 9.80. The summed E-state index contributed by atoms with van der Waals surface area (Å²) in [5.74, 6) is 2.08. The Balaban J connectivity index is 1.07. The van der Waals surface area contributed by atoms with Crippen LogP contribution in [-0.2, 0) is 4.74 Å². The van der Waals surface area contributed by atoms with Gasteiger partial charge in [-0.2, -0.15) is 0 Å². The van der Waals surface area contributed by atoms with Crippen molar-refractivity contribution in [3.8, 4) is 0 Å². The molecule has 31 heavy (non-hydrogen) atoms. The van der Waals surface area contributed by atoms with Crippen LogP contribution in [0.5, 0.6) is 0 Å². The number of nitrogens with zero attached hydrogens (tertiary/aromatic N) is 2. The highest BCUT2D eigenvalue weighted by atomic mass is 35.5. The van der Waals surface area contributed by atoms with E-state index in [0.29, 0.717) is 35.9 Å². The minimum absolute atomic E-state index is 0.0229. The van der Waals surface area contributed by atoms with Crippen LogP contribution in [0.2, 0.25) is 5.02 Å². The lowest BCUT2D eigenvalue weighted by Crippen LogP contribution is -2.58. The molecule has 1 aromatic heterocycles. The summed E-state index contributed by atoms with van der Waals surface area (Å²) in [5.41, 5.74) is 0.396. The predicted molar refractivity (Wildman–Crippen MR) is 119 cm³/mol. The van der Waals surface area contributed by atoms with Crippen LogP contribution in [0.4, 0.5) is 10.6 Å². The van der Waals surface area contributed by atoms with Crippen LogP contribution in [0.15, 0.2) is 30.3 Å². The highest BCUT2D eigenvalue weighted by Crippen LogP contribution is 2.56. The Morgan fingerprint density at radius 2 is 2.00 bits per heavy atom. The minimum Gasteiger partial charge on any atom is -0.446 e. The smallest absolute Gasteiger partial charge is 0.410 e. The summed E-state index contributed by atoms with van der Waals surface area (Å²) < 4.78 is 6.04. The number of nitrogens with one attached hydrogen (secondary N) is 1. The third-order valence-corrected chi connectivity index (χ3v) is 8.08. The first kappa shape index (κ1) is 19.6. The molecule has 1 aromatic carbocycles. The molecule has 5 aliphatic rings. The Kier molecular flexibility index (Phi) is 4.58. The van der Waals surface area contributed by atoms with E-state index in [4.69, 9.17) is 16.3 Å². The Labute approximate surface area is 186 Å². The first-order valence-corrected chi connectivity index (χ1v) is 11.8. The van der Waals surface area contributed by atoms with Crippen LogP contribution in [-0.4, -0.2) is 51.9 Å². The maximum absolute atomic E-state index is 12.9. The van der Waals surface area contributed by atoms with Gasteiger partial charge in [-0.1, -0.05) is 11.6 Å². The number of anilines is 1. The molecule has 0 spiro atoms. The van der Waals surface area contributed by atoms with Gasteiger partial charge in [0.05, 0.1) is 11.1 Å². The number of aromatic nitrogens is 1. The molecule has 2 aromatic rings. The van der Waals surface area contributed by atoms with E-state index in [1.54, 1.807) is 0 Å². The molecule has 5 fully saturated rings. The standard InChI is InChI=1S/C24H28ClN3O3/c25-18-2-3-20-15(9-18)1-4-21(27-20)26-19-5-6-28(13-19)23(29)31-22-16-7-14-8-17(22)12-24(30,10-14)11-16/h1-4,9,14,16-17,19,22,30H,5-8,10-13H2,(H,26,27)/t14?,16?,17?,19-,22-,24-/m1/s1. The Hall–Kier alpha value is -2.05. The number of ether oxygens (including phenoxy) is 1. The summed E-state index contributed by atoms with van der Waals surface area (Å²) in [5, 5.41) is 15.9. The van der Waals surface area contributed by atoms with Crippen molar-refractivity contribution in [2.24, 2.45) is 17.8 Å². The molecule has 4 aliphatic carbocycles. The molecule has 2 N–H and O–H groups in total. The van der Waals surface area contributed by atoms with Gasteiger partial charge in [0.25, 0.3) is 0 Å². The fourth-order valence-electron chi connectivity index (χ4n) is 6.75. The highest BCUT2D eigenvalue weighted by molar-refractivity contribution is 6.31. The molecule has 7 rings (SSSR count). The summed E-state index contributed by atoms with van der Waals surface area (Å²) in [4.78, 5) is 19.4. The van der Waals surface area contributed by atoms with E-state index in [1.807, 2.05) is 35.2 Å². The fraction of sp³-hybridized carbons (Fsp3) is 0.583. The normalized spacial score (nSPS) is 36.2. The van der Waals surface area contributed by atoms with Crippen LogP contribution >= 0.6 is 11.6 Å². The quantitative estimate of drug-likeness (QED) is 0.736. The number of pyridine rings is 1. The van der Waals surface area contributed by atoms with Gasteiger partial charge < -0.3 is 20.1 Å². The van der Waals surface area contributed by atoms with Crippen LogP contribution in [0, 0.1) is 17.8 Å². The van der Waals surface area contributed by atoms with E-state index < -0.39 is 5.60 Å². The largest absolute Gasteiger partial charge is 0.446 e. The van der Waals surface area contributed by atoms with Gasteiger partial charge in [-0.05, 0) is 86.6 Å². The van der Waals surface area contributed by atoms with Gasteiger partial charge >= 0.3 is 6.09 Å². The van der Waals surface area contributed by atoms with Crippen molar-refractivity contribution in [3.63, 3.8) is 0 Å². The number of fused-ring (bicyclic) bond motifs is 1. The summed E-state index contributed by atoms with van der Waals surface area (Å²) in [6.45, 7) is 1.31. The number of halogens is 1. The lowest BCUT2D eigenvalue weighted by molar-refractivity contribution is -0.177. The first-order chi connectivity index (χ1) is 14.9. The van der Waals surface area contributed by atoms with E-state index in [2.05, 4.69) is 10.3 Å². The third-order valence-electron chi connectivity index (χ3n) is 7.84. The number of hydrogen-bond acceptors (Lipinski definition) is 5. The van der Waals surface area contributed by atoms with Crippen molar-refractivity contribution in [1.82, 2.24) is 9.88 Å². The Morgan fingerprint density at radius 3 is 2.77 bits per heavy atom. The van der Waals surface area contributed by atoms with Gasteiger partial charge in [-0.15, -0.1) is 0 Å². The van der Waals surface area contributed by atoms with E-state index in [0.717, 1.165) is 55.2 Å². The number of aliphatic hydroxyl groups is 1. The van der Waals surface area contributed by atoms with Crippen molar-refractivity contribution in [2.75, 3.05) is 18.4 Å². The van der Waals surface area contributed by atoms with Gasteiger partial charge in [-0.3, -0.25) is 0 Å². The minimum atomic E-state index is -0.500. The molecule has 2 heterocycles. The zero-order valence-corrected chi connectivity index (χ0v) is 18.2. The molecule has 4 bridgehead atoms. The summed E-state index contributed by atoms with van der Waals surface area (Å²) in [7, 11) is 0. The molecular formula is C24H28ClN3O3. The molecule has 164 valence electrons. The predicted octanol–water partition coefficient (Wildman–Crippen LogP) is 4.45. The van der Waals surface area contributed by atoms with E-state index >= 15 is 0 Å². The van der Waals surface area contributed by atoms with E-state index in [1.165, 1.54) is 0 Å². The SMILES string of the molecule is O=C(O[C@H]1C2CC3CC1C[C@](O)(C3)C2)N1CC[C@@H](Nc2ccc3cc(Cl)ccc3n2)C1.